The number of halogens is 1. The number of nitrogens with one attached hydrogen (secondary N) is 2. The third-order valence-electron chi connectivity index (χ3n) is 3.07. The molecular formula is C15H19ClN4O2. The second-order valence-electron chi connectivity index (χ2n) is 5.27. The fourth-order valence-electron chi connectivity index (χ4n) is 1.84. The van der Waals surface area contributed by atoms with Gasteiger partial charge in [-0.3, -0.25) is 0 Å². The number of aryl methyl sites for hydroxylation is 1. The van der Waals surface area contributed by atoms with Crippen molar-refractivity contribution in [1.29, 1.82) is 0 Å². The Morgan fingerprint density at radius 3 is 2.82 bits per heavy atom. The molecule has 0 aliphatic carbocycles. The van der Waals surface area contributed by atoms with Gasteiger partial charge in [-0.25, -0.2) is 4.79 Å². The number of aromatic nitrogens is 2. The predicted molar refractivity (Wildman–Crippen MR) is 85.3 cm³/mol. The van der Waals surface area contributed by atoms with Crippen LogP contribution in [0.15, 0.2) is 22.7 Å². The lowest BCUT2D eigenvalue weighted by Crippen LogP contribution is -2.31. The zero-order valence-corrected chi connectivity index (χ0v) is 13.6. The second-order valence-corrected chi connectivity index (χ2v) is 5.67. The molecule has 1 heterocycles. The predicted octanol–water partition coefficient (Wildman–Crippen LogP) is 3.52. The summed E-state index contributed by atoms with van der Waals surface area (Å²) in [5.74, 6) is 1.38. The molecule has 0 fully saturated rings. The quantitative estimate of drug-likeness (QED) is 0.882. The highest BCUT2D eigenvalue weighted by atomic mass is 35.5. The standard InChI is InChI=1S/C15H19ClN4O2/c1-9(2)14-18-12(20-22-14)7-8-17-15(21)19-13-10(3)5-4-6-11(13)16/h4-6,9H,7-8H2,1-3H3,(H2,17,19,21). The maximum atomic E-state index is 11.9. The minimum atomic E-state index is -0.316. The van der Waals surface area contributed by atoms with Crippen molar-refractivity contribution < 1.29 is 9.32 Å². The number of carbonyl (C=O) groups excluding carboxylic acids is 1. The van der Waals surface area contributed by atoms with Crippen LogP contribution in [-0.4, -0.2) is 22.7 Å². The molecule has 0 atom stereocenters. The first kappa shape index (κ1) is 16.3. The highest BCUT2D eigenvalue weighted by Crippen LogP contribution is 2.24. The number of para-hydroxylation sites is 1. The summed E-state index contributed by atoms with van der Waals surface area (Å²) in [6, 6.07) is 5.14. The molecule has 0 spiro atoms. The van der Waals surface area contributed by atoms with Gasteiger partial charge < -0.3 is 15.2 Å². The maximum absolute atomic E-state index is 11.9. The molecule has 0 saturated carbocycles. The van der Waals surface area contributed by atoms with E-state index >= 15 is 0 Å². The molecule has 118 valence electrons. The van der Waals surface area contributed by atoms with E-state index in [9.17, 15) is 4.79 Å². The Morgan fingerprint density at radius 1 is 1.41 bits per heavy atom. The fourth-order valence-corrected chi connectivity index (χ4v) is 2.11. The van der Waals surface area contributed by atoms with Crippen molar-refractivity contribution in [3.63, 3.8) is 0 Å². The fraction of sp³-hybridized carbons (Fsp3) is 0.400. The Kier molecular flexibility index (Phi) is 5.38. The summed E-state index contributed by atoms with van der Waals surface area (Å²) >= 11 is 6.06. The third-order valence-corrected chi connectivity index (χ3v) is 3.39. The molecule has 0 aliphatic rings. The van der Waals surface area contributed by atoms with E-state index in [-0.39, 0.29) is 11.9 Å². The van der Waals surface area contributed by atoms with Crippen LogP contribution in [0.2, 0.25) is 5.02 Å². The van der Waals surface area contributed by atoms with Crippen molar-refractivity contribution in [3.8, 4) is 0 Å². The second kappa shape index (κ2) is 7.26. The van der Waals surface area contributed by atoms with Gasteiger partial charge in [0.05, 0.1) is 10.7 Å². The van der Waals surface area contributed by atoms with Gasteiger partial charge in [-0.1, -0.05) is 42.7 Å². The lowest BCUT2D eigenvalue weighted by atomic mass is 10.2. The van der Waals surface area contributed by atoms with Crippen molar-refractivity contribution in [1.82, 2.24) is 15.5 Å². The van der Waals surface area contributed by atoms with Crippen molar-refractivity contribution in [2.24, 2.45) is 0 Å². The Hall–Kier alpha value is -2.08. The molecule has 1 aromatic carbocycles. The van der Waals surface area contributed by atoms with E-state index in [4.69, 9.17) is 16.1 Å². The SMILES string of the molecule is Cc1cccc(Cl)c1NC(=O)NCCc1noc(C(C)C)n1. The van der Waals surface area contributed by atoms with Gasteiger partial charge in [-0.05, 0) is 18.6 Å². The molecule has 2 amide bonds. The van der Waals surface area contributed by atoms with Crippen LogP contribution in [0, 0.1) is 6.92 Å². The van der Waals surface area contributed by atoms with Crippen LogP contribution >= 0.6 is 11.6 Å². The summed E-state index contributed by atoms with van der Waals surface area (Å²) in [6.07, 6.45) is 0.505. The Morgan fingerprint density at radius 2 is 2.18 bits per heavy atom. The molecule has 1 aromatic heterocycles. The number of benzene rings is 1. The molecule has 2 aromatic rings. The molecular weight excluding hydrogens is 304 g/mol. The van der Waals surface area contributed by atoms with Crippen LogP contribution in [0.25, 0.3) is 0 Å². The van der Waals surface area contributed by atoms with Crippen LogP contribution < -0.4 is 10.6 Å². The van der Waals surface area contributed by atoms with Crippen LogP contribution in [-0.2, 0) is 6.42 Å². The van der Waals surface area contributed by atoms with Gasteiger partial charge in [0.25, 0.3) is 0 Å². The molecule has 2 rings (SSSR count). The van der Waals surface area contributed by atoms with E-state index in [0.29, 0.717) is 35.4 Å². The number of hydrogen-bond donors (Lipinski definition) is 2. The van der Waals surface area contributed by atoms with E-state index in [1.807, 2.05) is 32.9 Å². The van der Waals surface area contributed by atoms with Crippen LogP contribution in [0.1, 0.15) is 37.0 Å². The van der Waals surface area contributed by atoms with Gasteiger partial charge in [0, 0.05) is 18.9 Å². The zero-order valence-electron chi connectivity index (χ0n) is 12.8. The average Bonchev–Trinajstić information content (AvgIpc) is 2.92. The smallest absolute Gasteiger partial charge is 0.319 e. The Labute approximate surface area is 134 Å². The van der Waals surface area contributed by atoms with Gasteiger partial charge in [0.2, 0.25) is 5.89 Å². The first-order valence-electron chi connectivity index (χ1n) is 7.10. The molecule has 0 aliphatic heterocycles. The van der Waals surface area contributed by atoms with Crippen molar-refractivity contribution in [2.45, 2.75) is 33.1 Å². The van der Waals surface area contributed by atoms with Gasteiger partial charge in [-0.15, -0.1) is 0 Å². The van der Waals surface area contributed by atoms with Crippen molar-refractivity contribution in [2.75, 3.05) is 11.9 Å². The van der Waals surface area contributed by atoms with E-state index in [2.05, 4.69) is 20.8 Å². The first-order chi connectivity index (χ1) is 10.5. The minimum Gasteiger partial charge on any atom is -0.339 e. The maximum Gasteiger partial charge on any atom is 0.319 e. The minimum absolute atomic E-state index is 0.195. The van der Waals surface area contributed by atoms with E-state index < -0.39 is 0 Å². The first-order valence-corrected chi connectivity index (χ1v) is 7.47. The van der Waals surface area contributed by atoms with Gasteiger partial charge >= 0.3 is 6.03 Å². The molecule has 0 radical (unpaired) electrons. The molecule has 0 saturated heterocycles. The molecule has 6 nitrogen and oxygen atoms in total. The summed E-state index contributed by atoms with van der Waals surface area (Å²) in [5, 5.41) is 9.86. The van der Waals surface area contributed by atoms with Crippen LogP contribution in [0.4, 0.5) is 10.5 Å². The molecule has 7 heteroatoms. The van der Waals surface area contributed by atoms with E-state index in [1.54, 1.807) is 6.07 Å². The topological polar surface area (TPSA) is 80.0 Å². The van der Waals surface area contributed by atoms with Crippen molar-refractivity contribution in [3.05, 3.63) is 40.5 Å². The Bertz CT molecular complexity index is 634. The van der Waals surface area contributed by atoms with Crippen molar-refractivity contribution >= 4 is 23.3 Å². The average molecular weight is 323 g/mol. The van der Waals surface area contributed by atoms with Gasteiger partial charge in [0.15, 0.2) is 5.82 Å². The summed E-state index contributed by atoms with van der Waals surface area (Å²) in [4.78, 5) is 16.1. The highest BCUT2D eigenvalue weighted by molar-refractivity contribution is 6.33. The Balaban J connectivity index is 1.83. The largest absolute Gasteiger partial charge is 0.339 e. The number of rotatable bonds is 5. The molecule has 22 heavy (non-hydrogen) atoms. The molecule has 0 bridgehead atoms. The normalized spacial score (nSPS) is 10.8. The van der Waals surface area contributed by atoms with E-state index in [1.165, 1.54) is 0 Å². The summed E-state index contributed by atoms with van der Waals surface area (Å²) in [6.45, 7) is 6.25. The lowest BCUT2D eigenvalue weighted by molar-refractivity contribution is 0.252. The zero-order chi connectivity index (χ0) is 16.1. The summed E-state index contributed by atoms with van der Waals surface area (Å²) in [7, 11) is 0. The number of carbonyl (C=O) groups is 1. The van der Waals surface area contributed by atoms with Crippen LogP contribution in [0.3, 0.4) is 0 Å². The monoisotopic (exact) mass is 322 g/mol. The summed E-state index contributed by atoms with van der Waals surface area (Å²) in [5.41, 5.74) is 1.52. The lowest BCUT2D eigenvalue weighted by Gasteiger charge is -2.10. The van der Waals surface area contributed by atoms with E-state index in [0.717, 1.165) is 5.56 Å². The third kappa shape index (κ3) is 4.21. The molecule has 2 N–H and O–H groups in total. The number of hydrogen-bond acceptors (Lipinski definition) is 4. The van der Waals surface area contributed by atoms with Gasteiger partial charge in [-0.2, -0.15) is 4.98 Å². The number of nitrogens with zero attached hydrogens (tertiary/aromatic N) is 2. The highest BCUT2D eigenvalue weighted by Gasteiger charge is 2.11. The summed E-state index contributed by atoms with van der Waals surface area (Å²) < 4.78 is 5.10. The number of urea groups is 1. The number of anilines is 1. The molecule has 0 unspecified atom stereocenters. The van der Waals surface area contributed by atoms with Gasteiger partial charge in [0.1, 0.15) is 0 Å². The number of amides is 2. The van der Waals surface area contributed by atoms with Crippen LogP contribution in [0.5, 0.6) is 0 Å².